The van der Waals surface area contributed by atoms with Crippen LogP contribution in [-0.2, 0) is 22.6 Å². The van der Waals surface area contributed by atoms with E-state index in [-0.39, 0.29) is 23.8 Å². The third-order valence-electron chi connectivity index (χ3n) is 5.09. The molecule has 0 saturated carbocycles. The second kappa shape index (κ2) is 9.73. The molecule has 0 aliphatic rings. The summed E-state index contributed by atoms with van der Waals surface area (Å²) in [6, 6.07) is 15.4. The van der Waals surface area contributed by atoms with Gasteiger partial charge in [-0.05, 0) is 63.3 Å². The summed E-state index contributed by atoms with van der Waals surface area (Å²) in [5, 5.41) is 3.05. The van der Waals surface area contributed by atoms with E-state index in [1.807, 2.05) is 90.1 Å². The van der Waals surface area contributed by atoms with Gasteiger partial charge in [-0.25, -0.2) is 0 Å². The Morgan fingerprint density at radius 3 is 1.93 bits per heavy atom. The molecule has 0 spiro atoms. The van der Waals surface area contributed by atoms with Gasteiger partial charge in [0.25, 0.3) is 0 Å². The first-order chi connectivity index (χ1) is 13.6. The van der Waals surface area contributed by atoms with Crippen LogP contribution < -0.4 is 5.32 Å². The van der Waals surface area contributed by atoms with Crippen molar-refractivity contribution in [3.05, 3.63) is 70.8 Å². The second-order valence-electron chi connectivity index (χ2n) is 8.71. The van der Waals surface area contributed by atoms with Gasteiger partial charge in [-0.2, -0.15) is 0 Å². The molecule has 0 bridgehead atoms. The van der Waals surface area contributed by atoms with Crippen molar-refractivity contribution in [3.63, 3.8) is 0 Å². The molecule has 0 unspecified atom stereocenters. The molecule has 2 rings (SSSR count). The maximum absolute atomic E-state index is 13.4. The quantitative estimate of drug-likeness (QED) is 0.748. The van der Waals surface area contributed by atoms with E-state index in [1.165, 1.54) is 0 Å². The maximum atomic E-state index is 13.4. The molecule has 0 heterocycles. The third kappa shape index (κ3) is 6.45. The topological polar surface area (TPSA) is 49.4 Å². The molecule has 0 aliphatic carbocycles. The molecule has 0 aromatic heterocycles. The standard InChI is InChI=1S/C25H34N2O2/c1-7-22(24(29)26-25(4,5)6)27(17-21-15-11-9-13-19(21)3)23(28)16-20-14-10-8-12-18(20)2/h8-15,22H,7,16-17H2,1-6H3,(H,26,29)/t22-/m1/s1. The third-order valence-corrected chi connectivity index (χ3v) is 5.09. The van der Waals surface area contributed by atoms with Gasteiger partial charge in [-0.15, -0.1) is 0 Å². The zero-order valence-electron chi connectivity index (χ0n) is 18.6. The smallest absolute Gasteiger partial charge is 0.243 e. The SMILES string of the molecule is CC[C@H](C(=O)NC(C)(C)C)N(Cc1ccccc1C)C(=O)Cc1ccccc1C. The van der Waals surface area contributed by atoms with Gasteiger partial charge in [-0.1, -0.05) is 55.5 Å². The van der Waals surface area contributed by atoms with E-state index < -0.39 is 6.04 Å². The molecule has 1 atom stereocenters. The van der Waals surface area contributed by atoms with Crippen LogP contribution in [-0.4, -0.2) is 28.3 Å². The highest BCUT2D eigenvalue weighted by Gasteiger charge is 2.31. The number of nitrogens with zero attached hydrogens (tertiary/aromatic N) is 1. The molecule has 4 heteroatoms. The van der Waals surface area contributed by atoms with Crippen LogP contribution >= 0.6 is 0 Å². The molecule has 2 amide bonds. The van der Waals surface area contributed by atoms with Gasteiger partial charge in [0.05, 0.1) is 6.42 Å². The Kier molecular flexibility index (Phi) is 7.60. The molecule has 0 fully saturated rings. The number of amides is 2. The van der Waals surface area contributed by atoms with E-state index in [0.29, 0.717) is 13.0 Å². The van der Waals surface area contributed by atoms with Crippen molar-refractivity contribution in [2.24, 2.45) is 0 Å². The molecular weight excluding hydrogens is 360 g/mol. The number of hydrogen-bond acceptors (Lipinski definition) is 2. The first-order valence-electron chi connectivity index (χ1n) is 10.3. The molecule has 1 N–H and O–H groups in total. The minimum absolute atomic E-state index is 0.0292. The molecule has 0 radical (unpaired) electrons. The Labute approximate surface area is 175 Å². The van der Waals surface area contributed by atoms with Crippen LogP contribution in [0.1, 0.15) is 56.4 Å². The predicted octanol–water partition coefficient (Wildman–Crippen LogP) is 4.57. The number of nitrogens with one attached hydrogen (secondary N) is 1. The van der Waals surface area contributed by atoms with E-state index in [9.17, 15) is 9.59 Å². The highest BCUT2D eigenvalue weighted by molar-refractivity contribution is 5.89. The molecule has 4 nitrogen and oxygen atoms in total. The number of rotatable bonds is 7. The summed E-state index contributed by atoms with van der Waals surface area (Å²) in [6.45, 7) is 12.3. The average Bonchev–Trinajstić information content (AvgIpc) is 2.63. The van der Waals surface area contributed by atoms with Crippen molar-refractivity contribution in [2.75, 3.05) is 0 Å². The average molecular weight is 395 g/mol. The van der Waals surface area contributed by atoms with Gasteiger partial charge in [0.1, 0.15) is 6.04 Å². The number of carbonyl (C=O) groups is 2. The first-order valence-corrected chi connectivity index (χ1v) is 10.3. The van der Waals surface area contributed by atoms with Crippen LogP contribution in [0.4, 0.5) is 0 Å². The van der Waals surface area contributed by atoms with Gasteiger partial charge in [-0.3, -0.25) is 9.59 Å². The summed E-state index contributed by atoms with van der Waals surface area (Å²) in [5.74, 6) is -0.134. The van der Waals surface area contributed by atoms with Crippen molar-refractivity contribution in [1.29, 1.82) is 0 Å². The lowest BCUT2D eigenvalue weighted by molar-refractivity contribution is -0.141. The zero-order valence-corrected chi connectivity index (χ0v) is 18.6. The molecule has 156 valence electrons. The minimum Gasteiger partial charge on any atom is -0.350 e. The molecular formula is C25H34N2O2. The van der Waals surface area contributed by atoms with Gasteiger partial charge in [0.2, 0.25) is 11.8 Å². The van der Waals surface area contributed by atoms with E-state index in [4.69, 9.17) is 0 Å². The van der Waals surface area contributed by atoms with Crippen molar-refractivity contribution in [2.45, 2.75) is 72.5 Å². The van der Waals surface area contributed by atoms with Crippen LogP contribution in [0.3, 0.4) is 0 Å². The second-order valence-corrected chi connectivity index (χ2v) is 8.71. The summed E-state index contributed by atoms with van der Waals surface area (Å²) >= 11 is 0. The van der Waals surface area contributed by atoms with Crippen molar-refractivity contribution in [1.82, 2.24) is 10.2 Å². The molecule has 0 saturated heterocycles. The lowest BCUT2D eigenvalue weighted by atomic mass is 10.0. The van der Waals surface area contributed by atoms with Crippen LogP contribution in [0.2, 0.25) is 0 Å². The highest BCUT2D eigenvalue weighted by atomic mass is 16.2. The maximum Gasteiger partial charge on any atom is 0.243 e. The van der Waals surface area contributed by atoms with Crippen LogP contribution in [0.15, 0.2) is 48.5 Å². The fourth-order valence-corrected chi connectivity index (χ4v) is 3.42. The Hall–Kier alpha value is -2.62. The number of benzene rings is 2. The summed E-state index contributed by atoms with van der Waals surface area (Å²) in [4.78, 5) is 28.2. The van der Waals surface area contributed by atoms with Gasteiger partial charge < -0.3 is 10.2 Å². The van der Waals surface area contributed by atoms with Gasteiger partial charge in [0.15, 0.2) is 0 Å². The monoisotopic (exact) mass is 394 g/mol. The van der Waals surface area contributed by atoms with Crippen molar-refractivity contribution in [3.8, 4) is 0 Å². The Bertz CT molecular complexity index is 852. The normalized spacial score (nSPS) is 12.3. The fourth-order valence-electron chi connectivity index (χ4n) is 3.42. The molecule has 2 aromatic rings. The number of carbonyl (C=O) groups excluding carboxylic acids is 2. The van der Waals surface area contributed by atoms with Gasteiger partial charge >= 0.3 is 0 Å². The largest absolute Gasteiger partial charge is 0.350 e. The van der Waals surface area contributed by atoms with E-state index in [2.05, 4.69) is 5.32 Å². The minimum atomic E-state index is -0.509. The Morgan fingerprint density at radius 1 is 0.931 bits per heavy atom. The summed E-state index contributed by atoms with van der Waals surface area (Å²) in [6.07, 6.45) is 0.852. The summed E-state index contributed by atoms with van der Waals surface area (Å²) in [5.41, 5.74) is 3.92. The summed E-state index contributed by atoms with van der Waals surface area (Å²) in [7, 11) is 0. The molecule has 0 aliphatic heterocycles. The number of hydrogen-bond donors (Lipinski definition) is 1. The summed E-state index contributed by atoms with van der Waals surface area (Å²) < 4.78 is 0. The first kappa shape index (κ1) is 22.7. The number of aryl methyl sites for hydroxylation is 2. The molecule has 29 heavy (non-hydrogen) atoms. The fraction of sp³-hybridized carbons (Fsp3) is 0.440. The van der Waals surface area contributed by atoms with Crippen molar-refractivity contribution >= 4 is 11.8 Å². The lowest BCUT2D eigenvalue weighted by Crippen LogP contribution is -2.53. The lowest BCUT2D eigenvalue weighted by Gasteiger charge is -2.33. The Balaban J connectivity index is 2.35. The van der Waals surface area contributed by atoms with E-state index in [0.717, 1.165) is 22.3 Å². The zero-order chi connectivity index (χ0) is 21.6. The van der Waals surface area contributed by atoms with E-state index in [1.54, 1.807) is 4.90 Å². The van der Waals surface area contributed by atoms with Crippen LogP contribution in [0.25, 0.3) is 0 Å². The van der Waals surface area contributed by atoms with E-state index >= 15 is 0 Å². The highest BCUT2D eigenvalue weighted by Crippen LogP contribution is 2.18. The van der Waals surface area contributed by atoms with Crippen molar-refractivity contribution < 1.29 is 9.59 Å². The van der Waals surface area contributed by atoms with Crippen LogP contribution in [0.5, 0.6) is 0 Å². The molecule has 2 aromatic carbocycles. The predicted molar refractivity (Wildman–Crippen MR) is 119 cm³/mol. The van der Waals surface area contributed by atoms with Crippen LogP contribution in [0, 0.1) is 13.8 Å². The Morgan fingerprint density at radius 2 is 1.45 bits per heavy atom. The van der Waals surface area contributed by atoms with Gasteiger partial charge in [0, 0.05) is 12.1 Å².